The van der Waals surface area contributed by atoms with Gasteiger partial charge in [-0.2, -0.15) is 4.31 Å². The minimum Gasteiger partial charge on any atom is -0.497 e. The second-order valence-electron chi connectivity index (χ2n) is 8.13. The largest absolute Gasteiger partial charge is 0.497 e. The quantitative estimate of drug-likeness (QED) is 0.543. The van der Waals surface area contributed by atoms with Crippen molar-refractivity contribution in [1.82, 2.24) is 9.46 Å². The summed E-state index contributed by atoms with van der Waals surface area (Å²) in [6.07, 6.45) is 4.58. The number of benzene rings is 2. The zero-order chi connectivity index (χ0) is 24.1. The normalized spacial score (nSPS) is 17.1. The summed E-state index contributed by atoms with van der Waals surface area (Å²) in [5.41, 5.74) is 1.83. The van der Waals surface area contributed by atoms with Crippen LogP contribution in [-0.4, -0.2) is 44.0 Å². The number of ether oxygens (including phenoxy) is 1. The van der Waals surface area contributed by atoms with Gasteiger partial charge in [0.2, 0.25) is 15.9 Å². The maximum absolute atomic E-state index is 13.5. The van der Waals surface area contributed by atoms with Crippen LogP contribution in [0.3, 0.4) is 0 Å². The van der Waals surface area contributed by atoms with Crippen molar-refractivity contribution >= 4 is 33.8 Å². The molecule has 4 rings (SSSR count). The molecule has 0 bridgehead atoms. The van der Waals surface area contributed by atoms with Crippen LogP contribution >= 0.6 is 0 Å². The Kier molecular flexibility index (Phi) is 7.14. The fourth-order valence-electron chi connectivity index (χ4n) is 3.96. The summed E-state index contributed by atoms with van der Waals surface area (Å²) in [6.45, 7) is 2.03. The number of nitrogens with zero attached hydrogens (tertiary/aromatic N) is 2. The average Bonchev–Trinajstić information content (AvgIpc) is 3.25. The van der Waals surface area contributed by atoms with Gasteiger partial charge in [-0.3, -0.25) is 4.79 Å². The van der Waals surface area contributed by atoms with E-state index in [0.717, 1.165) is 5.56 Å². The first kappa shape index (κ1) is 23.7. The van der Waals surface area contributed by atoms with Crippen molar-refractivity contribution in [3.63, 3.8) is 0 Å². The van der Waals surface area contributed by atoms with Gasteiger partial charge in [-0.25, -0.2) is 8.42 Å². The maximum Gasteiger partial charge on any atom is 0.248 e. The number of methoxy groups -OCH3 is 1. The van der Waals surface area contributed by atoms with Gasteiger partial charge >= 0.3 is 0 Å². The molecule has 0 radical (unpaired) electrons. The van der Waals surface area contributed by atoms with Crippen LogP contribution < -0.4 is 10.1 Å². The van der Waals surface area contributed by atoms with Crippen LogP contribution in [0.15, 0.2) is 64.0 Å². The van der Waals surface area contributed by atoms with Gasteiger partial charge in [0.1, 0.15) is 11.4 Å². The Balaban J connectivity index is 1.51. The molecule has 1 saturated heterocycles. The maximum atomic E-state index is 13.5. The number of aromatic nitrogens is 1. The lowest BCUT2D eigenvalue weighted by atomic mass is 9.99. The third-order valence-corrected chi connectivity index (χ3v) is 7.79. The van der Waals surface area contributed by atoms with Gasteiger partial charge in [0, 0.05) is 18.8 Å². The van der Waals surface area contributed by atoms with Crippen LogP contribution in [0.25, 0.3) is 12.2 Å². The Bertz CT molecular complexity index is 1270. The number of aryl methyl sites for hydroxylation is 1. The summed E-state index contributed by atoms with van der Waals surface area (Å²) >= 11 is 0. The molecule has 1 aromatic heterocycles. The zero-order valence-electron chi connectivity index (χ0n) is 19.1. The summed E-state index contributed by atoms with van der Waals surface area (Å²) in [4.78, 5) is 12.9. The van der Waals surface area contributed by atoms with E-state index in [1.165, 1.54) is 4.31 Å². The lowest BCUT2D eigenvalue weighted by molar-refractivity contribution is -0.120. The Morgan fingerprint density at radius 1 is 1.15 bits per heavy atom. The predicted octanol–water partition coefficient (Wildman–Crippen LogP) is 4.20. The molecule has 2 aromatic carbocycles. The van der Waals surface area contributed by atoms with Gasteiger partial charge in [0.15, 0.2) is 10.7 Å². The summed E-state index contributed by atoms with van der Waals surface area (Å²) < 4.78 is 38.9. The average molecular weight is 482 g/mol. The Morgan fingerprint density at radius 2 is 1.88 bits per heavy atom. The molecule has 2 heterocycles. The molecule has 8 nitrogen and oxygen atoms in total. The van der Waals surface area contributed by atoms with Crippen LogP contribution in [0.1, 0.15) is 29.9 Å². The third-order valence-electron chi connectivity index (χ3n) is 5.77. The second kappa shape index (κ2) is 10.2. The first-order chi connectivity index (χ1) is 16.4. The number of piperidine rings is 1. The van der Waals surface area contributed by atoms with Crippen molar-refractivity contribution in [3.8, 4) is 5.75 Å². The van der Waals surface area contributed by atoms with Crippen LogP contribution in [0.4, 0.5) is 5.69 Å². The van der Waals surface area contributed by atoms with Crippen molar-refractivity contribution in [2.45, 2.75) is 24.7 Å². The van der Waals surface area contributed by atoms with E-state index < -0.39 is 15.9 Å². The number of carbonyl (C=O) groups excluding carboxylic acids is 1. The van der Waals surface area contributed by atoms with Crippen LogP contribution in [0.2, 0.25) is 0 Å². The molecule has 1 aliphatic heterocycles. The molecule has 0 saturated carbocycles. The molecule has 1 amide bonds. The third kappa shape index (κ3) is 5.21. The Labute approximate surface area is 199 Å². The highest BCUT2D eigenvalue weighted by Crippen LogP contribution is 2.30. The van der Waals surface area contributed by atoms with Crippen LogP contribution in [-0.2, 0) is 14.8 Å². The molecule has 0 spiro atoms. The van der Waals surface area contributed by atoms with E-state index in [1.807, 2.05) is 30.3 Å². The number of amides is 1. The van der Waals surface area contributed by atoms with Gasteiger partial charge in [-0.15, -0.1) is 0 Å². The minimum absolute atomic E-state index is 0.0379. The number of anilines is 1. The Hall–Kier alpha value is -3.43. The van der Waals surface area contributed by atoms with Crippen molar-refractivity contribution < 1.29 is 22.5 Å². The van der Waals surface area contributed by atoms with Gasteiger partial charge in [-0.1, -0.05) is 41.6 Å². The summed E-state index contributed by atoms with van der Waals surface area (Å²) in [7, 11) is -2.33. The standard InChI is InChI=1S/C25H27N3O5S/c1-18-24(23(33-27-18)15-10-19-7-4-3-5-8-19)34(30,31)28-16-6-9-20(17-28)25(29)26-21-11-13-22(32-2)14-12-21/h3-5,7-8,10-15,20H,6,9,16-17H2,1-2H3,(H,26,29)/b15-10+. The lowest BCUT2D eigenvalue weighted by Crippen LogP contribution is -2.43. The number of hydrogen-bond acceptors (Lipinski definition) is 6. The number of rotatable bonds is 7. The first-order valence-corrected chi connectivity index (χ1v) is 12.5. The highest BCUT2D eigenvalue weighted by atomic mass is 32.2. The minimum atomic E-state index is -3.90. The SMILES string of the molecule is COc1ccc(NC(=O)C2CCCN(S(=O)(=O)c3c(C)noc3/C=C/c3ccccc3)C2)cc1. The van der Waals surface area contributed by atoms with E-state index in [-0.39, 0.29) is 28.8 Å². The van der Waals surface area contributed by atoms with Crippen molar-refractivity contribution in [2.24, 2.45) is 5.92 Å². The molecule has 1 fully saturated rings. The topological polar surface area (TPSA) is 102 Å². The van der Waals surface area contributed by atoms with E-state index >= 15 is 0 Å². The molecule has 178 valence electrons. The Morgan fingerprint density at radius 3 is 2.59 bits per heavy atom. The van der Waals surface area contributed by atoms with Crippen LogP contribution in [0, 0.1) is 12.8 Å². The number of carbonyl (C=O) groups is 1. The van der Waals surface area contributed by atoms with Gasteiger partial charge in [0.05, 0.1) is 13.0 Å². The highest BCUT2D eigenvalue weighted by molar-refractivity contribution is 7.89. The van der Waals surface area contributed by atoms with E-state index in [0.29, 0.717) is 30.8 Å². The van der Waals surface area contributed by atoms with E-state index in [9.17, 15) is 13.2 Å². The fourth-order valence-corrected chi connectivity index (χ4v) is 5.73. The summed E-state index contributed by atoms with van der Waals surface area (Å²) in [6, 6.07) is 16.5. The number of hydrogen-bond donors (Lipinski definition) is 1. The van der Waals surface area contributed by atoms with Crippen molar-refractivity contribution in [2.75, 3.05) is 25.5 Å². The van der Waals surface area contributed by atoms with E-state index in [1.54, 1.807) is 50.5 Å². The summed E-state index contributed by atoms with van der Waals surface area (Å²) in [5, 5.41) is 6.77. The molecule has 0 aliphatic carbocycles. The van der Waals surface area contributed by atoms with Gasteiger partial charge < -0.3 is 14.6 Å². The smallest absolute Gasteiger partial charge is 0.248 e. The number of nitrogens with one attached hydrogen (secondary N) is 1. The molecule has 1 aliphatic rings. The molecule has 3 aromatic rings. The lowest BCUT2D eigenvalue weighted by Gasteiger charge is -2.31. The molecule has 1 atom stereocenters. The summed E-state index contributed by atoms with van der Waals surface area (Å²) in [5.74, 6) is 0.186. The monoisotopic (exact) mass is 481 g/mol. The molecular weight excluding hydrogens is 454 g/mol. The molecule has 34 heavy (non-hydrogen) atoms. The molecule has 9 heteroatoms. The van der Waals surface area contributed by atoms with Gasteiger partial charge in [-0.05, 0) is 55.7 Å². The van der Waals surface area contributed by atoms with Crippen LogP contribution in [0.5, 0.6) is 5.75 Å². The highest BCUT2D eigenvalue weighted by Gasteiger charge is 2.36. The molecule has 1 N–H and O–H groups in total. The van der Waals surface area contributed by atoms with Crippen molar-refractivity contribution in [3.05, 3.63) is 71.6 Å². The van der Waals surface area contributed by atoms with E-state index in [4.69, 9.17) is 9.26 Å². The number of sulfonamides is 1. The van der Waals surface area contributed by atoms with Gasteiger partial charge in [0.25, 0.3) is 0 Å². The van der Waals surface area contributed by atoms with E-state index in [2.05, 4.69) is 10.5 Å². The first-order valence-electron chi connectivity index (χ1n) is 11.0. The second-order valence-corrected chi connectivity index (χ2v) is 10.0. The van der Waals surface area contributed by atoms with Crippen molar-refractivity contribution in [1.29, 1.82) is 0 Å². The molecule has 1 unspecified atom stereocenters. The fraction of sp³-hybridized carbons (Fsp3) is 0.280. The predicted molar refractivity (Wildman–Crippen MR) is 130 cm³/mol. The molecular formula is C25H27N3O5S. The zero-order valence-corrected chi connectivity index (χ0v) is 19.9.